The number of amides is 2. The third-order valence-corrected chi connectivity index (χ3v) is 7.81. The first kappa shape index (κ1) is 20.8. The van der Waals surface area contributed by atoms with E-state index in [0.717, 1.165) is 33.4 Å². The van der Waals surface area contributed by atoms with Crippen LogP contribution in [-0.4, -0.2) is 31.2 Å². The lowest BCUT2D eigenvalue weighted by molar-refractivity contribution is -0.128. The molecule has 0 aromatic heterocycles. The van der Waals surface area contributed by atoms with Crippen molar-refractivity contribution >= 4 is 41.4 Å². The quantitative estimate of drug-likeness (QED) is 0.329. The highest BCUT2D eigenvalue weighted by Gasteiger charge is 2.68. The maximum Gasteiger partial charge on any atom is 0.339 e. The first-order chi connectivity index (χ1) is 16.5. The van der Waals surface area contributed by atoms with Crippen LogP contribution in [0.25, 0.3) is 0 Å². The average molecular weight is 472 g/mol. The summed E-state index contributed by atoms with van der Waals surface area (Å²) in [5.74, 6) is -3.51. The number of aldehydes is 1. The molecule has 7 heteroatoms. The number of carbonyl (C=O) groups excluding carboxylic acids is 4. The summed E-state index contributed by atoms with van der Waals surface area (Å²) in [5.41, 5.74) is 2.33. The van der Waals surface area contributed by atoms with Gasteiger partial charge in [-0.25, -0.2) is 9.69 Å². The summed E-state index contributed by atoms with van der Waals surface area (Å²) in [6, 6.07) is 19.5. The van der Waals surface area contributed by atoms with E-state index in [-0.39, 0.29) is 22.2 Å². The molecule has 168 valence electrons. The number of rotatable bonds is 3. The second kappa shape index (κ2) is 7.11. The Kier molecular flexibility index (Phi) is 4.35. The van der Waals surface area contributed by atoms with Gasteiger partial charge in [0.05, 0.1) is 40.6 Å². The standard InChI is InChI=1S/C27H18ClNO5/c1-34-26(33)17-12-14(10-11-20(17)28)29-24(31)22-21-15-6-2-4-8-18(15)27(13-30,23(22)25(29)32)19-9-5-3-7-16(19)21/h2-13,21-23H,1H3. The molecule has 1 fully saturated rings. The normalized spacial score (nSPS) is 26.1. The Morgan fingerprint density at radius 3 is 2.18 bits per heavy atom. The number of ether oxygens (including phenoxy) is 1. The fourth-order valence-corrected chi connectivity index (χ4v) is 6.40. The van der Waals surface area contributed by atoms with Gasteiger partial charge in [-0.1, -0.05) is 60.1 Å². The number of nitrogens with zero attached hydrogens (tertiary/aromatic N) is 1. The maximum atomic E-state index is 14.0. The number of imide groups is 1. The van der Waals surface area contributed by atoms with Gasteiger partial charge >= 0.3 is 5.97 Å². The molecule has 0 spiro atoms. The molecule has 4 aliphatic rings. The van der Waals surface area contributed by atoms with Crippen LogP contribution in [0.3, 0.4) is 0 Å². The zero-order valence-corrected chi connectivity index (χ0v) is 18.8. The summed E-state index contributed by atoms with van der Waals surface area (Å²) >= 11 is 6.16. The van der Waals surface area contributed by atoms with Crippen molar-refractivity contribution in [3.63, 3.8) is 0 Å². The smallest absolute Gasteiger partial charge is 0.339 e. The zero-order chi connectivity index (χ0) is 23.8. The Labute approximate surface area is 200 Å². The largest absolute Gasteiger partial charge is 0.465 e. The lowest BCUT2D eigenvalue weighted by atomic mass is 9.48. The molecule has 34 heavy (non-hydrogen) atoms. The number of methoxy groups -OCH3 is 1. The van der Waals surface area contributed by atoms with E-state index in [2.05, 4.69) is 0 Å². The first-order valence-electron chi connectivity index (χ1n) is 10.9. The Balaban J connectivity index is 1.58. The van der Waals surface area contributed by atoms with E-state index in [1.54, 1.807) is 0 Å². The molecule has 1 saturated heterocycles. The number of esters is 1. The van der Waals surface area contributed by atoms with E-state index >= 15 is 0 Å². The summed E-state index contributed by atoms with van der Waals surface area (Å²) in [6.45, 7) is 0. The second-order valence-electron chi connectivity index (χ2n) is 8.81. The number of hydrogen-bond acceptors (Lipinski definition) is 5. The Morgan fingerprint density at radius 2 is 1.59 bits per heavy atom. The highest BCUT2D eigenvalue weighted by Crippen LogP contribution is 2.63. The summed E-state index contributed by atoms with van der Waals surface area (Å²) in [6.07, 6.45) is 0.828. The van der Waals surface area contributed by atoms with E-state index in [4.69, 9.17) is 16.3 Å². The third kappa shape index (κ3) is 2.36. The zero-order valence-electron chi connectivity index (χ0n) is 18.0. The van der Waals surface area contributed by atoms with Crippen LogP contribution in [0.2, 0.25) is 5.02 Å². The number of hydrogen-bond donors (Lipinski definition) is 0. The monoisotopic (exact) mass is 471 g/mol. The van der Waals surface area contributed by atoms with Crippen LogP contribution in [0.4, 0.5) is 5.69 Å². The Bertz CT molecular complexity index is 1380. The van der Waals surface area contributed by atoms with Gasteiger partial charge in [-0.2, -0.15) is 0 Å². The van der Waals surface area contributed by atoms with E-state index < -0.39 is 35.0 Å². The van der Waals surface area contributed by atoms with Gasteiger partial charge in [-0.3, -0.25) is 9.59 Å². The highest BCUT2D eigenvalue weighted by molar-refractivity contribution is 6.34. The minimum absolute atomic E-state index is 0.0526. The molecule has 2 amide bonds. The molecular weight excluding hydrogens is 454 g/mol. The predicted octanol–water partition coefficient (Wildman–Crippen LogP) is 3.88. The second-order valence-corrected chi connectivity index (χ2v) is 9.22. The van der Waals surface area contributed by atoms with Crippen molar-refractivity contribution in [3.05, 3.63) is 99.6 Å². The highest BCUT2D eigenvalue weighted by atomic mass is 35.5. The van der Waals surface area contributed by atoms with Crippen molar-refractivity contribution in [3.8, 4) is 0 Å². The van der Waals surface area contributed by atoms with E-state index in [1.165, 1.54) is 25.3 Å². The Morgan fingerprint density at radius 1 is 0.971 bits per heavy atom. The molecule has 3 aliphatic carbocycles. The van der Waals surface area contributed by atoms with Crippen molar-refractivity contribution in [1.82, 2.24) is 0 Å². The van der Waals surface area contributed by atoms with Crippen molar-refractivity contribution < 1.29 is 23.9 Å². The van der Waals surface area contributed by atoms with Gasteiger partial charge < -0.3 is 9.53 Å². The van der Waals surface area contributed by atoms with E-state index in [9.17, 15) is 19.2 Å². The number of anilines is 1. The van der Waals surface area contributed by atoms with Gasteiger partial charge in [-0.15, -0.1) is 0 Å². The molecule has 2 atom stereocenters. The maximum absolute atomic E-state index is 14.0. The van der Waals surface area contributed by atoms with E-state index in [1.807, 2.05) is 48.5 Å². The molecule has 0 radical (unpaired) electrons. The molecule has 0 saturated carbocycles. The number of benzene rings is 3. The summed E-state index contributed by atoms with van der Waals surface area (Å²) in [5, 5.41) is 0.149. The summed E-state index contributed by atoms with van der Waals surface area (Å²) in [4.78, 5) is 54.1. The molecule has 6 nitrogen and oxygen atoms in total. The fourth-order valence-electron chi connectivity index (χ4n) is 6.20. The number of carbonyl (C=O) groups is 4. The van der Waals surface area contributed by atoms with Gasteiger partial charge in [0.1, 0.15) is 6.29 Å². The molecule has 2 unspecified atom stereocenters. The van der Waals surface area contributed by atoms with Crippen LogP contribution < -0.4 is 4.90 Å². The van der Waals surface area contributed by atoms with Crippen molar-refractivity contribution in [2.75, 3.05) is 12.0 Å². The molecule has 1 heterocycles. The average Bonchev–Trinajstić information content (AvgIpc) is 3.14. The predicted molar refractivity (Wildman–Crippen MR) is 124 cm³/mol. The van der Waals surface area contributed by atoms with Gasteiger partial charge in [0, 0.05) is 5.92 Å². The van der Waals surface area contributed by atoms with Crippen LogP contribution in [0.5, 0.6) is 0 Å². The van der Waals surface area contributed by atoms with Crippen molar-refractivity contribution in [2.45, 2.75) is 11.3 Å². The van der Waals surface area contributed by atoms with Gasteiger partial charge in [-0.05, 0) is 40.5 Å². The van der Waals surface area contributed by atoms with Crippen LogP contribution in [0.1, 0.15) is 38.5 Å². The molecular formula is C27H18ClNO5. The molecule has 7 rings (SSSR count). The minimum Gasteiger partial charge on any atom is -0.465 e. The first-order valence-corrected chi connectivity index (χ1v) is 11.2. The molecule has 1 aliphatic heterocycles. The number of halogens is 1. The summed E-state index contributed by atoms with van der Waals surface area (Å²) < 4.78 is 4.79. The van der Waals surface area contributed by atoms with E-state index in [0.29, 0.717) is 0 Å². The van der Waals surface area contributed by atoms with Gasteiger partial charge in [0.15, 0.2) is 0 Å². The fraction of sp³-hybridized carbons (Fsp3) is 0.185. The third-order valence-electron chi connectivity index (χ3n) is 7.48. The van der Waals surface area contributed by atoms with Crippen LogP contribution in [0, 0.1) is 11.8 Å². The van der Waals surface area contributed by atoms with Crippen LogP contribution >= 0.6 is 11.6 Å². The van der Waals surface area contributed by atoms with Crippen molar-refractivity contribution in [2.24, 2.45) is 11.8 Å². The molecule has 3 aromatic rings. The van der Waals surface area contributed by atoms with Crippen LogP contribution in [-0.2, 0) is 24.5 Å². The molecule has 3 aromatic carbocycles. The minimum atomic E-state index is -1.27. The topological polar surface area (TPSA) is 80.8 Å². The van der Waals surface area contributed by atoms with Gasteiger partial charge in [0.25, 0.3) is 0 Å². The van der Waals surface area contributed by atoms with Crippen molar-refractivity contribution in [1.29, 1.82) is 0 Å². The lowest BCUT2D eigenvalue weighted by Crippen LogP contribution is -2.54. The summed E-state index contributed by atoms with van der Waals surface area (Å²) in [7, 11) is 1.23. The SMILES string of the molecule is COC(=O)c1cc(N2C(=O)C3C4c5ccccc5C(C=O)(c5ccccc54)C3C2=O)ccc1Cl. The molecule has 0 N–H and O–H groups in total. The Hall–Kier alpha value is -3.77. The van der Waals surface area contributed by atoms with Crippen LogP contribution in [0.15, 0.2) is 66.7 Å². The van der Waals surface area contributed by atoms with Gasteiger partial charge in [0.2, 0.25) is 11.8 Å². The lowest BCUT2D eigenvalue weighted by Gasteiger charge is -2.51. The molecule has 2 bridgehead atoms.